The van der Waals surface area contributed by atoms with Gasteiger partial charge in [-0.1, -0.05) is 37.6 Å². The summed E-state index contributed by atoms with van der Waals surface area (Å²) in [6.07, 6.45) is -0.570. The highest BCUT2D eigenvalue weighted by atomic mass is 35.5. The molecule has 0 unspecified atom stereocenters. The number of phenolic OH excluding ortho intramolecular Hbond substituents is 1. The number of benzene rings is 2. The van der Waals surface area contributed by atoms with Crippen LogP contribution in [0, 0.1) is 5.92 Å². The molecule has 6 nitrogen and oxygen atoms in total. The first kappa shape index (κ1) is 23.7. The topological polar surface area (TPSA) is 80.6 Å². The predicted molar refractivity (Wildman–Crippen MR) is 128 cm³/mol. The van der Waals surface area contributed by atoms with Gasteiger partial charge in [0.05, 0.1) is 6.54 Å². The number of aromatic nitrogens is 1. The van der Waals surface area contributed by atoms with Crippen LogP contribution in [0.5, 0.6) is 5.75 Å². The average molecular weight is 457 g/mol. The summed E-state index contributed by atoms with van der Waals surface area (Å²) in [5.74, 6) is 0.250. The molecule has 1 amide bonds. The zero-order valence-electron chi connectivity index (χ0n) is 19.0. The largest absolute Gasteiger partial charge is 0.508 e. The van der Waals surface area contributed by atoms with E-state index in [0.717, 1.165) is 11.1 Å². The monoisotopic (exact) mass is 456 g/mol. The molecule has 170 valence electrons. The molecule has 0 fully saturated rings. The van der Waals surface area contributed by atoms with Crippen LogP contribution in [-0.4, -0.2) is 21.4 Å². The summed E-state index contributed by atoms with van der Waals surface area (Å²) in [6, 6.07) is 12.0. The molecule has 0 aliphatic rings. The average Bonchev–Trinajstić information content (AvgIpc) is 2.68. The van der Waals surface area contributed by atoms with Crippen LogP contribution in [0.1, 0.15) is 40.3 Å². The molecule has 32 heavy (non-hydrogen) atoms. The van der Waals surface area contributed by atoms with Crippen molar-refractivity contribution in [3.8, 4) is 16.9 Å². The summed E-state index contributed by atoms with van der Waals surface area (Å²) < 4.78 is 7.08. The molecule has 0 saturated heterocycles. The van der Waals surface area contributed by atoms with E-state index in [2.05, 4.69) is 5.32 Å². The second-order valence-electron chi connectivity index (χ2n) is 9.22. The molecular formula is C25H29ClN2O4. The van der Waals surface area contributed by atoms with Gasteiger partial charge in [-0.2, -0.15) is 0 Å². The molecule has 7 heteroatoms. The number of amides is 1. The Balaban J connectivity index is 2.27. The van der Waals surface area contributed by atoms with Gasteiger partial charge in [-0.3, -0.25) is 4.79 Å². The van der Waals surface area contributed by atoms with Crippen molar-refractivity contribution in [2.45, 2.75) is 53.3 Å². The Hall–Kier alpha value is -2.99. The number of hydrogen-bond donors (Lipinski definition) is 2. The summed E-state index contributed by atoms with van der Waals surface area (Å²) >= 11 is 6.10. The fourth-order valence-electron chi connectivity index (χ4n) is 3.63. The van der Waals surface area contributed by atoms with Gasteiger partial charge in [0.2, 0.25) is 0 Å². The van der Waals surface area contributed by atoms with E-state index in [1.54, 1.807) is 49.6 Å². The van der Waals surface area contributed by atoms with E-state index in [-0.39, 0.29) is 23.8 Å². The smallest absolute Gasteiger partial charge is 0.407 e. The Morgan fingerprint density at radius 1 is 1.12 bits per heavy atom. The maximum Gasteiger partial charge on any atom is 0.407 e. The van der Waals surface area contributed by atoms with Gasteiger partial charge in [0.15, 0.2) is 0 Å². The van der Waals surface area contributed by atoms with E-state index in [0.29, 0.717) is 28.0 Å². The van der Waals surface area contributed by atoms with Crippen molar-refractivity contribution in [2.75, 3.05) is 0 Å². The van der Waals surface area contributed by atoms with Crippen LogP contribution in [0.15, 0.2) is 47.3 Å². The highest BCUT2D eigenvalue weighted by molar-refractivity contribution is 6.30. The molecule has 0 spiro atoms. The Labute approximate surface area is 192 Å². The van der Waals surface area contributed by atoms with Crippen molar-refractivity contribution in [3.05, 3.63) is 63.5 Å². The summed E-state index contributed by atoms with van der Waals surface area (Å²) in [5, 5.41) is 14.6. The first-order valence-electron chi connectivity index (χ1n) is 10.6. The van der Waals surface area contributed by atoms with Crippen molar-refractivity contribution in [1.29, 1.82) is 0 Å². The number of nitrogens with zero attached hydrogens (tertiary/aromatic N) is 1. The van der Waals surface area contributed by atoms with Crippen LogP contribution in [0.3, 0.4) is 0 Å². The second-order valence-corrected chi connectivity index (χ2v) is 9.66. The van der Waals surface area contributed by atoms with Crippen molar-refractivity contribution in [2.24, 2.45) is 5.92 Å². The molecule has 3 rings (SSSR count). The highest BCUT2D eigenvalue weighted by Crippen LogP contribution is 2.33. The van der Waals surface area contributed by atoms with E-state index >= 15 is 0 Å². The van der Waals surface area contributed by atoms with Crippen LogP contribution in [0.25, 0.3) is 21.9 Å². The number of halogens is 1. The van der Waals surface area contributed by atoms with E-state index in [9.17, 15) is 14.7 Å². The molecule has 1 aromatic heterocycles. The maximum atomic E-state index is 13.4. The van der Waals surface area contributed by atoms with E-state index in [1.165, 1.54) is 6.07 Å². The molecule has 0 atom stereocenters. The summed E-state index contributed by atoms with van der Waals surface area (Å²) in [5.41, 5.74) is 1.39. The zero-order chi connectivity index (χ0) is 23.6. The molecular weight excluding hydrogens is 428 g/mol. The number of hydrogen-bond acceptors (Lipinski definition) is 4. The SMILES string of the molecule is CC(C)Cn1c(CNC(=O)OC(C)(C)C)c(-c2ccc(Cl)cc2)c2cc(O)ccc2c1=O. The van der Waals surface area contributed by atoms with E-state index in [4.69, 9.17) is 16.3 Å². The third-order valence-corrected chi connectivity index (χ3v) is 5.09. The van der Waals surface area contributed by atoms with Gasteiger partial charge in [0.25, 0.3) is 5.56 Å². The molecule has 2 aromatic carbocycles. The fraction of sp³-hybridized carbons (Fsp3) is 0.360. The van der Waals surface area contributed by atoms with Gasteiger partial charge >= 0.3 is 6.09 Å². The lowest BCUT2D eigenvalue weighted by Crippen LogP contribution is -2.35. The number of carbonyl (C=O) groups excluding carboxylic acids is 1. The highest BCUT2D eigenvalue weighted by Gasteiger charge is 2.21. The third kappa shape index (κ3) is 5.43. The normalized spacial score (nSPS) is 11.7. The fourth-order valence-corrected chi connectivity index (χ4v) is 3.76. The van der Waals surface area contributed by atoms with Gasteiger partial charge in [-0.15, -0.1) is 0 Å². The molecule has 2 N–H and O–H groups in total. The maximum absolute atomic E-state index is 13.4. The molecule has 0 bridgehead atoms. The minimum Gasteiger partial charge on any atom is -0.508 e. The van der Waals surface area contributed by atoms with Crippen molar-refractivity contribution in [3.63, 3.8) is 0 Å². The van der Waals surface area contributed by atoms with Gasteiger partial charge in [-0.25, -0.2) is 4.79 Å². The van der Waals surface area contributed by atoms with Crippen molar-refractivity contribution in [1.82, 2.24) is 9.88 Å². The molecule has 3 aromatic rings. The van der Waals surface area contributed by atoms with Crippen LogP contribution in [0.4, 0.5) is 4.79 Å². The number of fused-ring (bicyclic) bond motifs is 1. The van der Waals surface area contributed by atoms with Crippen LogP contribution < -0.4 is 10.9 Å². The second kappa shape index (κ2) is 9.25. The Kier molecular flexibility index (Phi) is 6.84. The van der Waals surface area contributed by atoms with Crippen molar-refractivity contribution >= 4 is 28.5 Å². The van der Waals surface area contributed by atoms with E-state index < -0.39 is 11.7 Å². The zero-order valence-corrected chi connectivity index (χ0v) is 19.8. The third-order valence-electron chi connectivity index (χ3n) is 4.84. The van der Waals surface area contributed by atoms with Crippen LogP contribution >= 0.6 is 11.6 Å². The Morgan fingerprint density at radius 2 is 1.78 bits per heavy atom. The lowest BCUT2D eigenvalue weighted by Gasteiger charge is -2.23. The molecule has 0 aliphatic carbocycles. The first-order chi connectivity index (χ1) is 15.0. The molecule has 0 saturated carbocycles. The number of aromatic hydroxyl groups is 1. The number of pyridine rings is 1. The lowest BCUT2D eigenvalue weighted by atomic mass is 9.96. The number of nitrogens with one attached hydrogen (secondary N) is 1. The number of carbonyl (C=O) groups is 1. The van der Waals surface area contributed by atoms with Crippen LogP contribution in [-0.2, 0) is 17.8 Å². The first-order valence-corrected chi connectivity index (χ1v) is 10.9. The molecule has 1 heterocycles. The van der Waals surface area contributed by atoms with Crippen LogP contribution in [0.2, 0.25) is 5.02 Å². The Bertz CT molecular complexity index is 1190. The van der Waals surface area contributed by atoms with Gasteiger partial charge in [0, 0.05) is 33.6 Å². The van der Waals surface area contributed by atoms with Crippen molar-refractivity contribution < 1.29 is 14.6 Å². The summed E-state index contributed by atoms with van der Waals surface area (Å²) in [4.78, 5) is 25.8. The number of alkyl carbamates (subject to hydrolysis) is 1. The van der Waals surface area contributed by atoms with Gasteiger partial charge in [-0.05, 0) is 62.6 Å². The number of ether oxygens (including phenoxy) is 1. The van der Waals surface area contributed by atoms with Gasteiger partial charge in [0.1, 0.15) is 11.4 Å². The lowest BCUT2D eigenvalue weighted by molar-refractivity contribution is 0.0522. The summed E-state index contributed by atoms with van der Waals surface area (Å²) in [6.45, 7) is 9.99. The minimum absolute atomic E-state index is 0.0553. The molecule has 0 aliphatic heterocycles. The number of phenols is 1. The standard InChI is InChI=1S/C25H29ClN2O4/c1-15(2)14-28-21(13-27-24(31)32-25(3,4)5)22(16-6-8-17(26)9-7-16)20-12-18(29)10-11-19(20)23(28)30/h6-12,15,29H,13-14H2,1-5H3,(H,27,31). The van der Waals surface area contributed by atoms with Gasteiger partial charge < -0.3 is 19.7 Å². The minimum atomic E-state index is -0.643. The Morgan fingerprint density at radius 3 is 2.38 bits per heavy atom. The summed E-state index contributed by atoms with van der Waals surface area (Å²) in [7, 11) is 0. The quantitative estimate of drug-likeness (QED) is 0.515. The predicted octanol–water partition coefficient (Wildman–Crippen LogP) is 5.71. The number of rotatable bonds is 5. The van der Waals surface area contributed by atoms with E-state index in [1.807, 2.05) is 26.0 Å². The molecule has 0 radical (unpaired) electrons.